The molecule has 0 fully saturated rings. The van der Waals surface area contributed by atoms with Gasteiger partial charge < -0.3 is 19.1 Å². The summed E-state index contributed by atoms with van der Waals surface area (Å²) in [5.41, 5.74) is 14.8. The first-order valence-electron chi connectivity index (χ1n) is 19.4. The number of carbonyl (C=O) groups excluding carboxylic acids is 3. The molecule has 0 saturated carbocycles. The first-order valence-corrected chi connectivity index (χ1v) is 19.4. The second-order valence-electron chi connectivity index (χ2n) is 16.5. The van der Waals surface area contributed by atoms with Gasteiger partial charge in [-0.3, -0.25) is 0 Å². The zero-order valence-electron chi connectivity index (χ0n) is 33.0. The molecule has 0 spiro atoms. The van der Waals surface area contributed by atoms with Gasteiger partial charge in [0.1, 0.15) is 0 Å². The first-order chi connectivity index (χ1) is 25.7. The minimum absolute atomic E-state index is 0.278. The predicted molar refractivity (Wildman–Crippen MR) is 215 cm³/mol. The molecule has 6 rings (SSSR count). The van der Waals surface area contributed by atoms with Gasteiger partial charge in [-0.1, -0.05) is 97.7 Å². The molecule has 3 heterocycles. The van der Waals surface area contributed by atoms with Crippen LogP contribution in [0.2, 0.25) is 0 Å². The van der Waals surface area contributed by atoms with Crippen molar-refractivity contribution in [3.8, 4) is 0 Å². The summed E-state index contributed by atoms with van der Waals surface area (Å²) in [5.74, 6) is -1.16. The third-order valence-corrected chi connectivity index (χ3v) is 11.8. The number of rotatable bonds is 17. The molecule has 284 valence electrons. The van der Waals surface area contributed by atoms with Gasteiger partial charge in [0.2, 0.25) is 0 Å². The lowest BCUT2D eigenvalue weighted by Crippen LogP contribution is -2.44. The number of anilines is 3. The average Bonchev–Trinajstić information content (AvgIpc) is 3.14. The largest absolute Gasteiger partial charge is 0.463 e. The van der Waals surface area contributed by atoms with Crippen molar-refractivity contribution in [2.24, 2.45) is 0 Å². The van der Waals surface area contributed by atoms with Gasteiger partial charge in [-0.25, -0.2) is 14.4 Å². The molecule has 54 heavy (non-hydrogen) atoms. The van der Waals surface area contributed by atoms with Crippen LogP contribution < -0.4 is 4.90 Å². The fraction of sp³-hybridized carbons (Fsp3) is 0.426. The quantitative estimate of drug-likeness (QED) is 0.0592. The van der Waals surface area contributed by atoms with Crippen LogP contribution >= 0.6 is 0 Å². The molecule has 0 atom stereocenters. The number of nitrogens with zero attached hydrogens (tertiary/aromatic N) is 1. The number of benzene rings is 3. The number of ether oxygens (including phenoxy) is 3. The van der Waals surface area contributed by atoms with Gasteiger partial charge in [0.05, 0.1) is 36.9 Å². The van der Waals surface area contributed by atoms with Gasteiger partial charge in [-0.2, -0.15) is 0 Å². The van der Waals surface area contributed by atoms with Crippen molar-refractivity contribution in [2.75, 3.05) is 24.7 Å². The van der Waals surface area contributed by atoms with Crippen LogP contribution in [0.3, 0.4) is 0 Å². The Hall–Kier alpha value is -4.91. The fourth-order valence-corrected chi connectivity index (χ4v) is 8.70. The number of esters is 3. The molecule has 0 unspecified atom stereocenters. The zero-order valence-corrected chi connectivity index (χ0v) is 33.0. The number of aryl methyl sites for hydroxylation is 3. The maximum Gasteiger partial charge on any atom is 0.330 e. The van der Waals surface area contributed by atoms with Crippen molar-refractivity contribution in [1.29, 1.82) is 0 Å². The Morgan fingerprint density at radius 3 is 1.02 bits per heavy atom. The number of carbonyl (C=O) groups is 3. The molecule has 3 aromatic carbocycles. The van der Waals surface area contributed by atoms with Crippen molar-refractivity contribution >= 4 is 35.0 Å². The summed E-state index contributed by atoms with van der Waals surface area (Å²) in [4.78, 5) is 37.6. The van der Waals surface area contributed by atoms with E-state index in [1.807, 2.05) is 0 Å². The van der Waals surface area contributed by atoms with Crippen molar-refractivity contribution in [3.05, 3.63) is 124 Å². The van der Waals surface area contributed by atoms with E-state index >= 15 is 0 Å². The van der Waals surface area contributed by atoms with Crippen LogP contribution in [0.5, 0.6) is 0 Å². The van der Waals surface area contributed by atoms with Crippen LogP contribution in [0.4, 0.5) is 17.1 Å². The van der Waals surface area contributed by atoms with E-state index in [9.17, 15) is 14.4 Å². The Labute approximate surface area is 321 Å². The second kappa shape index (κ2) is 15.1. The van der Waals surface area contributed by atoms with E-state index < -0.39 is 5.97 Å². The lowest BCUT2D eigenvalue weighted by atomic mass is 9.60. The molecule has 0 radical (unpaired) electrons. The van der Waals surface area contributed by atoms with Crippen molar-refractivity contribution in [3.63, 3.8) is 0 Å². The van der Waals surface area contributed by atoms with Crippen LogP contribution in [0.1, 0.15) is 124 Å². The summed E-state index contributed by atoms with van der Waals surface area (Å²) in [5, 5.41) is 0. The highest BCUT2D eigenvalue weighted by molar-refractivity contribution is 5.98. The van der Waals surface area contributed by atoms with Crippen LogP contribution in [0.15, 0.2) is 74.4 Å². The average molecular weight is 730 g/mol. The molecule has 0 amide bonds. The predicted octanol–water partition coefficient (Wildman–Crippen LogP) is 9.84. The molecule has 3 aromatic rings. The van der Waals surface area contributed by atoms with E-state index in [4.69, 9.17) is 14.2 Å². The van der Waals surface area contributed by atoms with Crippen molar-refractivity contribution in [1.82, 2.24) is 0 Å². The van der Waals surface area contributed by atoms with Gasteiger partial charge >= 0.3 is 17.9 Å². The van der Waals surface area contributed by atoms with E-state index in [1.54, 1.807) is 0 Å². The molecule has 0 bridgehead atoms. The maximum atomic E-state index is 11.8. The van der Waals surface area contributed by atoms with E-state index in [0.717, 1.165) is 51.4 Å². The minimum Gasteiger partial charge on any atom is -0.463 e. The maximum absolute atomic E-state index is 11.8. The van der Waals surface area contributed by atoms with Gasteiger partial charge in [-0.15, -0.1) is 0 Å². The van der Waals surface area contributed by atoms with E-state index in [-0.39, 0.29) is 28.2 Å². The van der Waals surface area contributed by atoms with Gasteiger partial charge in [-0.05, 0) is 101 Å². The first kappa shape index (κ1) is 38.8. The molecule has 0 aromatic heterocycles. The molecule has 0 N–H and O–H groups in total. The van der Waals surface area contributed by atoms with E-state index in [0.29, 0.717) is 19.8 Å². The smallest absolute Gasteiger partial charge is 0.330 e. The lowest BCUT2D eigenvalue weighted by Gasteiger charge is -2.55. The van der Waals surface area contributed by atoms with Gasteiger partial charge in [0, 0.05) is 34.5 Å². The Morgan fingerprint density at radius 1 is 0.481 bits per heavy atom. The minimum atomic E-state index is -0.396. The summed E-state index contributed by atoms with van der Waals surface area (Å²) in [6.45, 7) is 25.9. The zero-order chi connectivity index (χ0) is 39.0. The Morgan fingerprint density at radius 2 is 0.741 bits per heavy atom. The molecular weight excluding hydrogens is 675 g/mol. The molecule has 0 saturated heterocycles. The van der Waals surface area contributed by atoms with Crippen LogP contribution in [0, 0.1) is 0 Å². The van der Waals surface area contributed by atoms with E-state index in [1.165, 1.54) is 85.4 Å². The molecular formula is C47H55NO6. The molecule has 3 aliphatic rings. The highest BCUT2D eigenvalue weighted by Gasteiger charge is 2.52. The number of unbranched alkanes of at least 4 members (excludes halogenated alkanes) is 2. The third-order valence-electron chi connectivity index (χ3n) is 11.8. The summed E-state index contributed by atoms with van der Waals surface area (Å²) >= 11 is 0. The molecule has 7 nitrogen and oxygen atoms in total. The molecule has 7 heteroatoms. The number of hydrogen-bond acceptors (Lipinski definition) is 7. The van der Waals surface area contributed by atoms with Crippen molar-refractivity contribution < 1.29 is 28.6 Å². The fourth-order valence-electron chi connectivity index (χ4n) is 8.70. The van der Waals surface area contributed by atoms with Crippen LogP contribution in [-0.2, 0) is 64.1 Å². The van der Waals surface area contributed by atoms with Gasteiger partial charge in [0.25, 0.3) is 0 Å². The lowest BCUT2D eigenvalue weighted by molar-refractivity contribution is -0.138. The van der Waals surface area contributed by atoms with Crippen LogP contribution in [-0.4, -0.2) is 37.7 Å². The monoisotopic (exact) mass is 729 g/mol. The summed E-state index contributed by atoms with van der Waals surface area (Å²) in [6, 6.07) is 14.5. The summed E-state index contributed by atoms with van der Waals surface area (Å²) in [6.07, 6.45) is 10.2. The third kappa shape index (κ3) is 6.94. The Bertz CT molecular complexity index is 1910. The Kier molecular flexibility index (Phi) is 10.8. The molecule has 0 aliphatic carbocycles. The Balaban J connectivity index is 1.47. The summed E-state index contributed by atoms with van der Waals surface area (Å²) in [7, 11) is 0. The second-order valence-corrected chi connectivity index (χ2v) is 16.5. The van der Waals surface area contributed by atoms with Gasteiger partial charge in [0.15, 0.2) is 0 Å². The normalized spacial score (nSPS) is 15.8. The topological polar surface area (TPSA) is 82.1 Å². The highest BCUT2D eigenvalue weighted by atomic mass is 16.5. The van der Waals surface area contributed by atoms with Crippen LogP contribution in [0.25, 0.3) is 0 Å². The molecule has 3 aliphatic heterocycles. The summed E-state index contributed by atoms with van der Waals surface area (Å²) < 4.78 is 15.9. The van der Waals surface area contributed by atoms with E-state index in [2.05, 4.69) is 103 Å². The standard InChI is InChI=1S/C47H55NO6/c1-10-39(49)52-21-15-13-18-30-24-33-42-35(26-30)46(6,7)37-28-32(20-17-23-54-41(51)12-3)29-38-44(37)48(42)43-34(45(33,4)5)25-31(27-36(43)47(38,8)9)19-14-16-22-53-40(50)11-2/h10-12,24-29H,1-3,13-23H2,4-9H3. The SMILES string of the molecule is C=CC(=O)OCCCCc1cc2c3c(c1)C(C)(C)c1cc(CCCOC(=O)C=C)cc4c1N3c1c(cc(CCCCOC(=O)C=C)cc1C4(C)C)C2(C)C. The van der Waals surface area contributed by atoms with Crippen molar-refractivity contribution in [2.45, 2.75) is 109 Å². The highest BCUT2D eigenvalue weighted by Crippen LogP contribution is 2.66. The number of hydrogen-bond donors (Lipinski definition) is 0.